The number of hydrogen-bond donors (Lipinski definition) is 1. The van der Waals surface area contributed by atoms with Crippen LogP contribution >= 0.6 is 11.3 Å². The average molecular weight is 256 g/mol. The van der Waals surface area contributed by atoms with Crippen molar-refractivity contribution in [3.05, 3.63) is 16.6 Å². The van der Waals surface area contributed by atoms with Gasteiger partial charge < -0.3 is 5.11 Å². The Kier molecular flexibility index (Phi) is 5.56. The summed E-state index contributed by atoms with van der Waals surface area (Å²) in [7, 11) is 0. The summed E-state index contributed by atoms with van der Waals surface area (Å²) in [6.07, 6.45) is 3.17. The van der Waals surface area contributed by atoms with Gasteiger partial charge in [0.2, 0.25) is 0 Å². The lowest BCUT2D eigenvalue weighted by Gasteiger charge is -2.43. The van der Waals surface area contributed by atoms with E-state index in [1.165, 1.54) is 0 Å². The van der Waals surface area contributed by atoms with Crippen molar-refractivity contribution < 1.29 is 5.11 Å². The van der Waals surface area contributed by atoms with Gasteiger partial charge >= 0.3 is 0 Å². The molecule has 0 aromatic carbocycles. The van der Waals surface area contributed by atoms with E-state index in [2.05, 4.69) is 37.6 Å². The minimum Gasteiger partial charge on any atom is -0.391 e. The van der Waals surface area contributed by atoms with Crippen LogP contribution in [-0.2, 0) is 6.42 Å². The first-order valence-corrected chi connectivity index (χ1v) is 7.26. The molecule has 0 aliphatic carbocycles. The maximum absolute atomic E-state index is 10.5. The molecule has 0 spiro atoms. The molecule has 2 unspecified atom stereocenters. The minimum absolute atomic E-state index is 0.145. The van der Waals surface area contributed by atoms with Crippen LogP contribution in [0.25, 0.3) is 0 Å². The van der Waals surface area contributed by atoms with Crippen molar-refractivity contribution >= 4 is 11.3 Å². The highest BCUT2D eigenvalue weighted by atomic mass is 32.1. The number of rotatable bonds is 7. The summed E-state index contributed by atoms with van der Waals surface area (Å²) < 4.78 is 0. The number of likely N-dealkylation sites (N-methyl/N-ethyl adjacent to an activating group) is 1. The lowest BCUT2D eigenvalue weighted by Crippen LogP contribution is -2.54. The SMILES string of the molecule is CCN(CC)C(C)(CC)C(O)Cc1cncs1. The Balaban J connectivity index is 2.77. The molecular weight excluding hydrogens is 232 g/mol. The number of thiazole rings is 1. The molecule has 1 rings (SSSR count). The van der Waals surface area contributed by atoms with E-state index in [-0.39, 0.29) is 11.6 Å². The van der Waals surface area contributed by atoms with E-state index >= 15 is 0 Å². The Hall–Kier alpha value is -0.450. The Morgan fingerprint density at radius 3 is 2.47 bits per heavy atom. The zero-order chi connectivity index (χ0) is 12.9. The van der Waals surface area contributed by atoms with E-state index in [4.69, 9.17) is 0 Å². The molecule has 1 aromatic heterocycles. The standard InChI is InChI=1S/C13H24N2OS/c1-5-13(4,15(6-2)7-3)12(16)8-11-9-14-10-17-11/h9-10,12,16H,5-8H2,1-4H3. The van der Waals surface area contributed by atoms with Crippen LogP contribution in [-0.4, -0.2) is 39.7 Å². The van der Waals surface area contributed by atoms with Crippen molar-refractivity contribution in [1.29, 1.82) is 0 Å². The second-order valence-corrected chi connectivity index (χ2v) is 5.54. The highest BCUT2D eigenvalue weighted by Crippen LogP contribution is 2.26. The summed E-state index contributed by atoms with van der Waals surface area (Å²) in [6, 6.07) is 0. The Morgan fingerprint density at radius 2 is 2.06 bits per heavy atom. The van der Waals surface area contributed by atoms with Gasteiger partial charge in [-0.15, -0.1) is 11.3 Å². The number of aromatic nitrogens is 1. The second-order valence-electron chi connectivity index (χ2n) is 4.57. The fraction of sp³-hybridized carbons (Fsp3) is 0.769. The fourth-order valence-electron chi connectivity index (χ4n) is 2.37. The van der Waals surface area contributed by atoms with Crippen LogP contribution in [0.15, 0.2) is 11.7 Å². The first kappa shape index (κ1) is 14.6. The van der Waals surface area contributed by atoms with E-state index in [0.29, 0.717) is 6.42 Å². The Labute approximate surface area is 108 Å². The molecule has 3 nitrogen and oxygen atoms in total. The first-order valence-electron chi connectivity index (χ1n) is 6.38. The molecule has 98 valence electrons. The van der Waals surface area contributed by atoms with Crippen LogP contribution < -0.4 is 0 Å². The summed E-state index contributed by atoms with van der Waals surface area (Å²) in [5.41, 5.74) is 1.68. The average Bonchev–Trinajstić information content (AvgIpc) is 2.82. The maximum atomic E-state index is 10.5. The summed E-state index contributed by atoms with van der Waals surface area (Å²) >= 11 is 1.62. The van der Waals surface area contributed by atoms with Gasteiger partial charge in [0.25, 0.3) is 0 Å². The zero-order valence-electron chi connectivity index (χ0n) is 11.3. The number of hydrogen-bond acceptors (Lipinski definition) is 4. The molecule has 0 radical (unpaired) electrons. The van der Waals surface area contributed by atoms with Gasteiger partial charge in [0.05, 0.1) is 11.6 Å². The van der Waals surface area contributed by atoms with Gasteiger partial charge in [-0.05, 0) is 26.4 Å². The third kappa shape index (κ3) is 3.27. The molecule has 1 N–H and O–H groups in total. The van der Waals surface area contributed by atoms with E-state index < -0.39 is 0 Å². The quantitative estimate of drug-likeness (QED) is 0.814. The molecule has 0 aliphatic rings. The van der Waals surface area contributed by atoms with Crippen molar-refractivity contribution in [2.75, 3.05) is 13.1 Å². The molecule has 17 heavy (non-hydrogen) atoms. The topological polar surface area (TPSA) is 36.4 Å². The van der Waals surface area contributed by atoms with Gasteiger partial charge in [-0.1, -0.05) is 20.8 Å². The van der Waals surface area contributed by atoms with Crippen molar-refractivity contribution in [3.8, 4) is 0 Å². The molecular formula is C13H24N2OS. The molecule has 0 saturated carbocycles. The van der Waals surface area contributed by atoms with Crippen LogP contribution in [0.3, 0.4) is 0 Å². The van der Waals surface area contributed by atoms with Crippen LogP contribution in [0.1, 0.15) is 39.0 Å². The van der Waals surface area contributed by atoms with E-state index in [1.54, 1.807) is 11.3 Å². The maximum Gasteiger partial charge on any atom is 0.0794 e. The van der Waals surface area contributed by atoms with Crippen molar-refractivity contribution in [3.63, 3.8) is 0 Å². The van der Waals surface area contributed by atoms with Crippen molar-refractivity contribution in [2.24, 2.45) is 0 Å². The smallest absolute Gasteiger partial charge is 0.0794 e. The molecule has 2 atom stereocenters. The van der Waals surface area contributed by atoms with Crippen LogP contribution in [0.4, 0.5) is 0 Å². The van der Waals surface area contributed by atoms with Crippen molar-refractivity contribution in [1.82, 2.24) is 9.88 Å². The third-order valence-corrected chi connectivity index (χ3v) is 4.60. The van der Waals surface area contributed by atoms with Gasteiger partial charge in [0.1, 0.15) is 0 Å². The minimum atomic E-state index is -0.340. The second kappa shape index (κ2) is 6.47. The van der Waals surface area contributed by atoms with Gasteiger partial charge in [-0.3, -0.25) is 9.88 Å². The third-order valence-electron chi connectivity index (χ3n) is 3.80. The summed E-state index contributed by atoms with van der Waals surface area (Å²) in [6.45, 7) is 10.6. The highest BCUT2D eigenvalue weighted by Gasteiger charge is 2.35. The van der Waals surface area contributed by atoms with Gasteiger partial charge in [-0.25, -0.2) is 0 Å². The van der Waals surface area contributed by atoms with E-state index in [9.17, 15) is 5.11 Å². The first-order chi connectivity index (χ1) is 8.08. The summed E-state index contributed by atoms with van der Waals surface area (Å²) in [5, 5.41) is 10.5. The molecule has 0 saturated heterocycles. The monoisotopic (exact) mass is 256 g/mol. The van der Waals surface area contributed by atoms with Gasteiger partial charge in [-0.2, -0.15) is 0 Å². The largest absolute Gasteiger partial charge is 0.391 e. The summed E-state index contributed by atoms with van der Waals surface area (Å²) in [4.78, 5) is 7.56. The fourth-order valence-corrected chi connectivity index (χ4v) is 3.00. The predicted molar refractivity (Wildman–Crippen MR) is 73.4 cm³/mol. The molecule has 0 bridgehead atoms. The zero-order valence-corrected chi connectivity index (χ0v) is 12.1. The Bertz CT molecular complexity index is 311. The summed E-state index contributed by atoms with van der Waals surface area (Å²) in [5.74, 6) is 0. The highest BCUT2D eigenvalue weighted by molar-refractivity contribution is 7.09. The predicted octanol–water partition coefficient (Wildman–Crippen LogP) is 2.56. The molecule has 0 aliphatic heterocycles. The molecule has 4 heteroatoms. The lowest BCUT2D eigenvalue weighted by atomic mass is 9.87. The lowest BCUT2D eigenvalue weighted by molar-refractivity contribution is -0.0186. The molecule has 1 heterocycles. The van der Waals surface area contributed by atoms with Gasteiger partial charge in [0.15, 0.2) is 0 Å². The normalized spacial score (nSPS) is 17.1. The van der Waals surface area contributed by atoms with Crippen LogP contribution in [0.5, 0.6) is 0 Å². The van der Waals surface area contributed by atoms with Crippen molar-refractivity contribution in [2.45, 2.75) is 52.2 Å². The van der Waals surface area contributed by atoms with Crippen LogP contribution in [0.2, 0.25) is 0 Å². The number of nitrogens with zero attached hydrogens (tertiary/aromatic N) is 2. The van der Waals surface area contributed by atoms with Crippen LogP contribution in [0, 0.1) is 0 Å². The van der Waals surface area contributed by atoms with E-state index in [0.717, 1.165) is 24.4 Å². The van der Waals surface area contributed by atoms with Gasteiger partial charge in [0, 0.05) is 23.0 Å². The Morgan fingerprint density at radius 1 is 1.41 bits per heavy atom. The number of aliphatic hydroxyl groups excluding tert-OH is 1. The van der Waals surface area contributed by atoms with E-state index in [1.807, 2.05) is 11.7 Å². The molecule has 0 amide bonds. The molecule has 1 aromatic rings. The molecule has 0 fully saturated rings. The number of aliphatic hydroxyl groups is 1.